The summed E-state index contributed by atoms with van der Waals surface area (Å²) in [7, 11) is 3.30. The minimum absolute atomic E-state index is 0.0393. The normalized spacial score (nSPS) is 14.4. The second kappa shape index (κ2) is 20.9. The van der Waals surface area contributed by atoms with Gasteiger partial charge in [0.2, 0.25) is 11.8 Å². The number of aliphatic carboxylic acids is 1. The number of aliphatic hydroxyl groups is 2. The lowest BCUT2D eigenvalue weighted by atomic mass is 10.0. The van der Waals surface area contributed by atoms with E-state index in [4.69, 9.17) is 22.3 Å². The first-order valence-corrected chi connectivity index (χ1v) is 13.9. The van der Waals surface area contributed by atoms with Crippen molar-refractivity contribution in [2.45, 2.75) is 63.1 Å². The number of rotatable bonds is 13. The largest absolute Gasteiger partial charge is 0.480 e. The van der Waals surface area contributed by atoms with Crippen molar-refractivity contribution in [3.8, 4) is 0 Å². The lowest BCUT2D eigenvalue weighted by Gasteiger charge is -2.31. The maximum atomic E-state index is 12.1. The number of benzene rings is 2. The van der Waals surface area contributed by atoms with Crippen molar-refractivity contribution in [1.82, 2.24) is 9.80 Å². The Kier molecular flexibility index (Phi) is 19.0. The van der Waals surface area contributed by atoms with Crippen LogP contribution in [0.3, 0.4) is 0 Å². The fraction of sp³-hybridized carbons (Fsp3) is 0.406. The van der Waals surface area contributed by atoms with E-state index in [9.17, 15) is 24.6 Å². The van der Waals surface area contributed by atoms with Crippen LogP contribution in [0.5, 0.6) is 0 Å². The Morgan fingerprint density at radius 3 is 1.47 bits per heavy atom. The molecule has 0 fully saturated rings. The zero-order valence-corrected chi connectivity index (χ0v) is 25.6. The van der Waals surface area contributed by atoms with Crippen molar-refractivity contribution in [1.29, 1.82) is 0 Å². The molecule has 238 valence electrons. The summed E-state index contributed by atoms with van der Waals surface area (Å²) >= 11 is 0. The standard InChI is InChI=1S/C15H22N2O2.C12H18N2O2.C5H9NO2/c1-4-8-13(16)15(19)17(3)11(2)14(18)12-9-6-5-7-10-12;1-9(14(2)11(15)8-13)12(16)10-6-4-3-5-7-10;1-2-3-4(6)5(7)8/h4-7,9-11,13-14,18H,1,8,16H2,2-3H3;3-7,9,12,16H,8,13H2,1-2H3;2,4H,1,3,6H2,(H,7,8)/t11-,13+,14+;9-,12+;4-/m001/s1. The molecule has 0 saturated heterocycles. The summed E-state index contributed by atoms with van der Waals surface area (Å²) in [6, 6.07) is 16.5. The van der Waals surface area contributed by atoms with E-state index in [0.717, 1.165) is 11.1 Å². The van der Waals surface area contributed by atoms with Crippen molar-refractivity contribution in [3.05, 3.63) is 97.1 Å². The van der Waals surface area contributed by atoms with Crippen molar-refractivity contribution in [2.75, 3.05) is 20.6 Å². The number of hydrogen-bond donors (Lipinski definition) is 6. The number of likely N-dealkylation sites (N-methyl/N-ethyl adjacent to an activating group) is 2. The molecule has 11 nitrogen and oxygen atoms in total. The SMILES string of the molecule is C=CC[C@@H](N)C(=O)N(C)[C@@H](C)[C@@H](O)c1ccccc1.C=CC[C@@H](N)C(=O)O.C[C@@H]([C@@H](O)c1ccccc1)N(C)C(=O)CN. The summed E-state index contributed by atoms with van der Waals surface area (Å²) in [5.74, 6) is -1.35. The third kappa shape index (κ3) is 13.8. The van der Waals surface area contributed by atoms with Gasteiger partial charge in [-0.3, -0.25) is 14.4 Å². The number of amides is 2. The Hall–Kier alpha value is -3.87. The molecule has 0 radical (unpaired) electrons. The van der Waals surface area contributed by atoms with E-state index in [1.807, 2.05) is 60.7 Å². The fourth-order valence-corrected chi connectivity index (χ4v) is 3.68. The second-order valence-electron chi connectivity index (χ2n) is 9.95. The van der Waals surface area contributed by atoms with E-state index in [2.05, 4.69) is 13.2 Å². The molecule has 2 aromatic rings. The highest BCUT2D eigenvalue weighted by atomic mass is 16.4. The molecule has 6 atom stereocenters. The molecule has 0 aliphatic rings. The molecule has 9 N–H and O–H groups in total. The van der Waals surface area contributed by atoms with Gasteiger partial charge in [-0.25, -0.2) is 0 Å². The molecule has 0 aromatic heterocycles. The Bertz CT molecular complexity index is 1120. The fourth-order valence-electron chi connectivity index (χ4n) is 3.68. The van der Waals surface area contributed by atoms with Crippen molar-refractivity contribution >= 4 is 17.8 Å². The highest BCUT2D eigenvalue weighted by molar-refractivity contribution is 5.82. The number of nitrogens with two attached hydrogens (primary N) is 3. The van der Waals surface area contributed by atoms with Crippen LogP contribution in [0.25, 0.3) is 0 Å². The molecule has 0 bridgehead atoms. The maximum Gasteiger partial charge on any atom is 0.320 e. The Morgan fingerprint density at radius 2 is 1.14 bits per heavy atom. The molecule has 0 aliphatic heterocycles. The number of carboxylic acid groups (broad SMARTS) is 1. The maximum absolute atomic E-state index is 12.1. The molecular formula is C32H49N5O6. The lowest BCUT2D eigenvalue weighted by molar-refractivity contribution is -0.138. The smallest absolute Gasteiger partial charge is 0.320 e. The zero-order valence-electron chi connectivity index (χ0n) is 25.6. The van der Waals surface area contributed by atoms with E-state index >= 15 is 0 Å². The molecule has 2 aromatic carbocycles. The van der Waals surface area contributed by atoms with Gasteiger partial charge in [0.15, 0.2) is 0 Å². The first kappa shape index (κ1) is 39.1. The predicted molar refractivity (Wildman–Crippen MR) is 170 cm³/mol. The summed E-state index contributed by atoms with van der Waals surface area (Å²) in [6.07, 6.45) is 2.44. The van der Waals surface area contributed by atoms with Crippen molar-refractivity contribution in [3.63, 3.8) is 0 Å². The van der Waals surface area contributed by atoms with Crippen molar-refractivity contribution in [2.24, 2.45) is 17.2 Å². The van der Waals surface area contributed by atoms with Crippen LogP contribution >= 0.6 is 0 Å². The van der Waals surface area contributed by atoms with Crippen LogP contribution in [0.1, 0.15) is 50.0 Å². The van der Waals surface area contributed by atoms with Gasteiger partial charge in [-0.15, -0.1) is 13.2 Å². The molecular weight excluding hydrogens is 550 g/mol. The van der Waals surface area contributed by atoms with Gasteiger partial charge in [-0.05, 0) is 37.8 Å². The number of carbonyl (C=O) groups is 3. The van der Waals surface area contributed by atoms with Gasteiger partial charge in [-0.1, -0.05) is 72.8 Å². The number of carboxylic acids is 1. The monoisotopic (exact) mass is 599 g/mol. The predicted octanol–water partition coefficient (Wildman–Crippen LogP) is 1.97. The van der Waals surface area contributed by atoms with E-state index in [0.29, 0.717) is 12.8 Å². The molecule has 11 heteroatoms. The number of nitrogens with zero attached hydrogens (tertiary/aromatic N) is 2. The topological polar surface area (TPSA) is 196 Å². The first-order valence-electron chi connectivity index (χ1n) is 13.9. The van der Waals surface area contributed by atoms with Gasteiger partial charge in [0.25, 0.3) is 0 Å². The summed E-state index contributed by atoms with van der Waals surface area (Å²) in [4.78, 5) is 36.3. The van der Waals surface area contributed by atoms with Gasteiger partial charge in [0, 0.05) is 14.1 Å². The first-order chi connectivity index (χ1) is 20.2. The number of hydrogen-bond acceptors (Lipinski definition) is 8. The minimum Gasteiger partial charge on any atom is -0.480 e. The Balaban J connectivity index is 0.000000665. The summed E-state index contributed by atoms with van der Waals surface area (Å²) in [5.41, 5.74) is 17.7. The Labute approximate surface area is 255 Å². The van der Waals surface area contributed by atoms with E-state index in [1.54, 1.807) is 34.0 Å². The molecule has 0 heterocycles. The highest BCUT2D eigenvalue weighted by Crippen LogP contribution is 2.21. The van der Waals surface area contributed by atoms with Gasteiger partial charge < -0.3 is 42.3 Å². The van der Waals surface area contributed by atoms with Crippen LogP contribution in [-0.2, 0) is 14.4 Å². The average molecular weight is 600 g/mol. The van der Waals surface area contributed by atoms with Crippen LogP contribution < -0.4 is 17.2 Å². The van der Waals surface area contributed by atoms with Crippen LogP contribution in [-0.4, -0.2) is 87.7 Å². The molecule has 2 rings (SSSR count). The van der Waals surface area contributed by atoms with Crippen LogP contribution in [0.15, 0.2) is 86.0 Å². The summed E-state index contributed by atoms with van der Waals surface area (Å²) < 4.78 is 0. The van der Waals surface area contributed by atoms with Gasteiger partial charge >= 0.3 is 5.97 Å². The third-order valence-corrected chi connectivity index (χ3v) is 6.81. The highest BCUT2D eigenvalue weighted by Gasteiger charge is 2.27. The Morgan fingerprint density at radius 1 is 0.767 bits per heavy atom. The quantitative estimate of drug-likeness (QED) is 0.186. The van der Waals surface area contributed by atoms with Gasteiger partial charge in [0.1, 0.15) is 6.04 Å². The molecule has 2 amide bonds. The van der Waals surface area contributed by atoms with Crippen molar-refractivity contribution < 1.29 is 29.7 Å². The minimum atomic E-state index is -0.982. The summed E-state index contributed by atoms with van der Waals surface area (Å²) in [6.45, 7) is 10.5. The third-order valence-electron chi connectivity index (χ3n) is 6.81. The van der Waals surface area contributed by atoms with E-state index in [1.165, 1.54) is 15.9 Å². The van der Waals surface area contributed by atoms with E-state index in [-0.39, 0.29) is 30.4 Å². The molecule has 0 unspecified atom stereocenters. The average Bonchev–Trinajstić information content (AvgIpc) is 3.03. The van der Waals surface area contributed by atoms with E-state index < -0.39 is 30.3 Å². The van der Waals surface area contributed by atoms with Crippen LogP contribution in [0.4, 0.5) is 0 Å². The zero-order chi connectivity index (χ0) is 33.1. The van der Waals surface area contributed by atoms with Crippen LogP contribution in [0, 0.1) is 0 Å². The molecule has 0 saturated carbocycles. The molecule has 43 heavy (non-hydrogen) atoms. The molecule has 0 aliphatic carbocycles. The molecule has 0 spiro atoms. The van der Waals surface area contributed by atoms with Gasteiger partial charge in [-0.2, -0.15) is 0 Å². The second-order valence-corrected chi connectivity index (χ2v) is 9.95. The lowest BCUT2D eigenvalue weighted by Crippen LogP contribution is -2.47. The number of aliphatic hydroxyl groups excluding tert-OH is 2. The van der Waals surface area contributed by atoms with Gasteiger partial charge in [0.05, 0.1) is 36.9 Å². The number of carbonyl (C=O) groups excluding carboxylic acids is 2. The summed E-state index contributed by atoms with van der Waals surface area (Å²) in [5, 5.41) is 28.5. The van der Waals surface area contributed by atoms with Crippen LogP contribution in [0.2, 0.25) is 0 Å².